The molecule has 108 valence electrons. The molecule has 0 saturated heterocycles. The van der Waals surface area contributed by atoms with Gasteiger partial charge in [0.25, 0.3) is 5.91 Å². The van der Waals surface area contributed by atoms with E-state index < -0.39 is 0 Å². The van der Waals surface area contributed by atoms with Crippen molar-refractivity contribution in [1.29, 1.82) is 0 Å². The highest BCUT2D eigenvalue weighted by Gasteiger charge is 2.03. The van der Waals surface area contributed by atoms with Crippen LogP contribution in [0.15, 0.2) is 59.7 Å². The average molecular weight is 282 g/mol. The van der Waals surface area contributed by atoms with Crippen LogP contribution in [0, 0.1) is 0 Å². The molecule has 4 heteroatoms. The number of amides is 1. The molecule has 0 bridgehead atoms. The maximum absolute atomic E-state index is 11.9. The number of hydrogen-bond acceptors (Lipinski definition) is 3. The van der Waals surface area contributed by atoms with Crippen LogP contribution in [0.4, 0.5) is 0 Å². The van der Waals surface area contributed by atoms with Gasteiger partial charge in [0.2, 0.25) is 0 Å². The molecule has 0 fully saturated rings. The van der Waals surface area contributed by atoms with Gasteiger partial charge in [-0.2, -0.15) is 5.10 Å². The van der Waals surface area contributed by atoms with Crippen molar-refractivity contribution in [3.63, 3.8) is 0 Å². The topological polar surface area (TPSA) is 50.7 Å². The lowest BCUT2D eigenvalue weighted by atomic mass is 10.1. The normalized spacial score (nSPS) is 11.0. The molecule has 0 aliphatic heterocycles. The number of nitrogens with one attached hydrogen (secondary N) is 1. The van der Waals surface area contributed by atoms with Crippen molar-refractivity contribution >= 4 is 11.6 Å². The zero-order chi connectivity index (χ0) is 15.1. The number of rotatable bonds is 5. The summed E-state index contributed by atoms with van der Waals surface area (Å²) in [6, 6.07) is 16.8. The van der Waals surface area contributed by atoms with Crippen LogP contribution in [0.25, 0.3) is 0 Å². The summed E-state index contributed by atoms with van der Waals surface area (Å²) in [4.78, 5) is 11.9. The molecule has 2 aromatic rings. The van der Waals surface area contributed by atoms with Crippen molar-refractivity contribution in [2.24, 2.45) is 5.10 Å². The van der Waals surface area contributed by atoms with Crippen LogP contribution >= 0.6 is 0 Å². The van der Waals surface area contributed by atoms with E-state index in [-0.39, 0.29) is 5.91 Å². The number of carbonyl (C=O) groups is 1. The van der Waals surface area contributed by atoms with E-state index in [1.165, 1.54) is 0 Å². The first-order valence-corrected chi connectivity index (χ1v) is 6.70. The molecule has 0 unspecified atom stereocenters. The fourth-order valence-corrected chi connectivity index (χ4v) is 1.88. The van der Waals surface area contributed by atoms with Crippen LogP contribution in [0.5, 0.6) is 5.75 Å². The van der Waals surface area contributed by atoms with Gasteiger partial charge in [-0.25, -0.2) is 5.43 Å². The molecule has 0 heterocycles. The molecule has 0 radical (unpaired) electrons. The first kappa shape index (κ1) is 14.8. The Balaban J connectivity index is 1.93. The molecule has 2 rings (SSSR count). The monoisotopic (exact) mass is 282 g/mol. The lowest BCUT2D eigenvalue weighted by molar-refractivity contribution is 0.0954. The van der Waals surface area contributed by atoms with Crippen LogP contribution in [0.1, 0.15) is 22.8 Å². The predicted octanol–water partition coefficient (Wildman–Crippen LogP) is 3.04. The Bertz CT molecular complexity index is 619. The molecular weight excluding hydrogens is 264 g/mol. The molecule has 1 N–H and O–H groups in total. The second kappa shape index (κ2) is 7.24. The van der Waals surface area contributed by atoms with Crippen molar-refractivity contribution in [3.8, 4) is 5.75 Å². The molecular formula is C17H18N2O2. The Labute approximate surface area is 124 Å². The highest BCUT2D eigenvalue weighted by Crippen LogP contribution is 2.11. The Morgan fingerprint density at radius 1 is 1.10 bits per heavy atom. The summed E-state index contributed by atoms with van der Waals surface area (Å²) in [5, 5.41) is 4.12. The number of hydrogen-bond donors (Lipinski definition) is 1. The van der Waals surface area contributed by atoms with E-state index in [1.54, 1.807) is 19.2 Å². The van der Waals surface area contributed by atoms with Crippen LogP contribution in [0.2, 0.25) is 0 Å². The molecule has 0 aliphatic carbocycles. The van der Waals surface area contributed by atoms with Gasteiger partial charge in [-0.1, -0.05) is 30.3 Å². The molecule has 0 aliphatic rings. The van der Waals surface area contributed by atoms with Crippen molar-refractivity contribution in [1.82, 2.24) is 5.43 Å². The van der Waals surface area contributed by atoms with Gasteiger partial charge in [0.05, 0.1) is 7.11 Å². The summed E-state index contributed by atoms with van der Waals surface area (Å²) in [5.41, 5.74) is 5.12. The summed E-state index contributed by atoms with van der Waals surface area (Å²) in [7, 11) is 1.64. The van der Waals surface area contributed by atoms with Crippen LogP contribution in [-0.4, -0.2) is 18.7 Å². The first-order valence-electron chi connectivity index (χ1n) is 6.70. The number of methoxy groups -OCH3 is 1. The van der Waals surface area contributed by atoms with E-state index in [0.29, 0.717) is 12.0 Å². The molecule has 0 saturated carbocycles. The number of carbonyl (C=O) groups excluding carboxylic acids is 1. The zero-order valence-corrected chi connectivity index (χ0v) is 12.2. The van der Waals surface area contributed by atoms with E-state index in [9.17, 15) is 4.79 Å². The minimum absolute atomic E-state index is 0.204. The third-order valence-corrected chi connectivity index (χ3v) is 3.00. The Morgan fingerprint density at radius 3 is 2.38 bits per heavy atom. The molecule has 0 spiro atoms. The Hall–Kier alpha value is -2.62. The summed E-state index contributed by atoms with van der Waals surface area (Å²) >= 11 is 0. The van der Waals surface area contributed by atoms with Crippen molar-refractivity contribution in [2.75, 3.05) is 7.11 Å². The molecule has 21 heavy (non-hydrogen) atoms. The van der Waals surface area contributed by atoms with E-state index in [4.69, 9.17) is 4.74 Å². The van der Waals surface area contributed by atoms with Crippen LogP contribution in [0.3, 0.4) is 0 Å². The molecule has 2 aromatic carbocycles. The smallest absolute Gasteiger partial charge is 0.271 e. The van der Waals surface area contributed by atoms with Gasteiger partial charge in [-0.05, 0) is 36.8 Å². The highest BCUT2D eigenvalue weighted by molar-refractivity contribution is 5.95. The zero-order valence-electron chi connectivity index (χ0n) is 12.2. The van der Waals surface area contributed by atoms with Gasteiger partial charge in [-0.15, -0.1) is 0 Å². The third kappa shape index (κ3) is 4.45. The van der Waals surface area contributed by atoms with E-state index >= 15 is 0 Å². The fourth-order valence-electron chi connectivity index (χ4n) is 1.88. The van der Waals surface area contributed by atoms with Gasteiger partial charge >= 0.3 is 0 Å². The van der Waals surface area contributed by atoms with Crippen molar-refractivity contribution in [3.05, 3.63) is 65.7 Å². The summed E-state index contributed by atoms with van der Waals surface area (Å²) < 4.78 is 5.11. The minimum atomic E-state index is -0.204. The SMILES string of the molecule is COc1ccc(C/C(C)=N\NC(=O)c2ccccc2)cc1. The number of nitrogens with zero attached hydrogens (tertiary/aromatic N) is 1. The number of hydrazone groups is 1. The summed E-state index contributed by atoms with van der Waals surface area (Å²) in [6.07, 6.45) is 0.680. The van der Waals surface area contributed by atoms with Gasteiger partial charge in [0.1, 0.15) is 5.75 Å². The number of benzene rings is 2. The van der Waals surface area contributed by atoms with Gasteiger partial charge in [0.15, 0.2) is 0 Å². The molecule has 4 nitrogen and oxygen atoms in total. The van der Waals surface area contributed by atoms with Crippen LogP contribution < -0.4 is 10.2 Å². The average Bonchev–Trinajstić information content (AvgIpc) is 2.54. The van der Waals surface area contributed by atoms with Crippen molar-refractivity contribution in [2.45, 2.75) is 13.3 Å². The van der Waals surface area contributed by atoms with Crippen LogP contribution in [-0.2, 0) is 6.42 Å². The third-order valence-electron chi connectivity index (χ3n) is 3.00. The van der Waals surface area contributed by atoms with Gasteiger partial charge in [0, 0.05) is 17.7 Å². The van der Waals surface area contributed by atoms with Crippen molar-refractivity contribution < 1.29 is 9.53 Å². The quantitative estimate of drug-likeness (QED) is 0.677. The number of ether oxygens (including phenoxy) is 1. The Kier molecular flexibility index (Phi) is 5.10. The largest absolute Gasteiger partial charge is 0.497 e. The maximum atomic E-state index is 11.9. The maximum Gasteiger partial charge on any atom is 0.271 e. The molecule has 0 atom stereocenters. The summed E-state index contributed by atoms with van der Waals surface area (Å²) in [5.74, 6) is 0.621. The lowest BCUT2D eigenvalue weighted by Gasteiger charge is -2.04. The van der Waals surface area contributed by atoms with E-state index in [2.05, 4.69) is 10.5 Å². The molecule has 1 amide bonds. The van der Waals surface area contributed by atoms with Gasteiger partial charge in [-0.3, -0.25) is 4.79 Å². The summed E-state index contributed by atoms with van der Waals surface area (Å²) in [6.45, 7) is 1.88. The predicted molar refractivity (Wildman–Crippen MR) is 83.7 cm³/mol. The fraction of sp³-hybridized carbons (Fsp3) is 0.176. The van der Waals surface area contributed by atoms with Gasteiger partial charge < -0.3 is 4.74 Å². The molecule has 0 aromatic heterocycles. The highest BCUT2D eigenvalue weighted by atomic mass is 16.5. The standard InChI is InChI=1S/C17H18N2O2/c1-13(12-14-8-10-16(21-2)11-9-14)18-19-17(20)15-6-4-3-5-7-15/h3-11H,12H2,1-2H3,(H,19,20)/b18-13-. The Morgan fingerprint density at radius 2 is 1.76 bits per heavy atom. The second-order valence-electron chi connectivity index (χ2n) is 4.68. The first-order chi connectivity index (χ1) is 10.2. The van der Waals surface area contributed by atoms with E-state index in [1.807, 2.05) is 49.4 Å². The minimum Gasteiger partial charge on any atom is -0.497 e. The second-order valence-corrected chi connectivity index (χ2v) is 4.68. The lowest BCUT2D eigenvalue weighted by Crippen LogP contribution is -2.19. The van der Waals surface area contributed by atoms with E-state index in [0.717, 1.165) is 17.0 Å².